The van der Waals surface area contributed by atoms with Crippen molar-refractivity contribution in [1.82, 2.24) is 5.43 Å². The van der Waals surface area contributed by atoms with E-state index in [1.165, 1.54) is 13.3 Å². The van der Waals surface area contributed by atoms with Crippen LogP contribution in [-0.4, -0.2) is 25.2 Å². The van der Waals surface area contributed by atoms with Crippen LogP contribution < -0.4 is 14.9 Å². The van der Waals surface area contributed by atoms with Crippen molar-refractivity contribution in [3.8, 4) is 11.5 Å². The molecule has 4 aromatic rings. The normalized spacial score (nSPS) is 10.8. The summed E-state index contributed by atoms with van der Waals surface area (Å²) in [6.45, 7) is 0. The molecule has 0 aliphatic rings. The van der Waals surface area contributed by atoms with Crippen LogP contribution in [0.25, 0.3) is 10.8 Å². The molecule has 33 heavy (non-hydrogen) atoms. The Balaban J connectivity index is 1.48. The van der Waals surface area contributed by atoms with Gasteiger partial charge in [0.25, 0.3) is 5.91 Å². The molecule has 4 aromatic carbocycles. The molecule has 0 spiro atoms. The van der Waals surface area contributed by atoms with Gasteiger partial charge in [-0.15, -0.1) is 0 Å². The van der Waals surface area contributed by atoms with E-state index < -0.39 is 5.97 Å². The number of carbonyl (C=O) groups excluding carboxylic acids is 2. The number of hydrazone groups is 1. The number of halogens is 1. The molecular formula is C26H19BrN2O4. The lowest BCUT2D eigenvalue weighted by atomic mass is 10.0. The number of hydrogen-bond acceptors (Lipinski definition) is 5. The van der Waals surface area contributed by atoms with E-state index in [4.69, 9.17) is 9.47 Å². The molecule has 7 heteroatoms. The number of nitrogens with one attached hydrogen (secondary N) is 1. The summed E-state index contributed by atoms with van der Waals surface area (Å²) in [5.41, 5.74) is 4.09. The Labute approximate surface area is 199 Å². The van der Waals surface area contributed by atoms with Gasteiger partial charge in [-0.05, 0) is 58.8 Å². The van der Waals surface area contributed by atoms with E-state index in [0.717, 1.165) is 15.2 Å². The third kappa shape index (κ3) is 5.27. The van der Waals surface area contributed by atoms with Crippen molar-refractivity contribution < 1.29 is 19.1 Å². The molecule has 0 atom stereocenters. The maximum absolute atomic E-state index is 12.8. The molecule has 0 aliphatic carbocycles. The van der Waals surface area contributed by atoms with Gasteiger partial charge >= 0.3 is 5.97 Å². The van der Waals surface area contributed by atoms with E-state index >= 15 is 0 Å². The molecule has 0 bridgehead atoms. The van der Waals surface area contributed by atoms with Gasteiger partial charge in [0.15, 0.2) is 11.5 Å². The fourth-order valence-corrected chi connectivity index (χ4v) is 3.67. The Hall–Kier alpha value is -3.97. The van der Waals surface area contributed by atoms with E-state index in [1.54, 1.807) is 42.5 Å². The van der Waals surface area contributed by atoms with Crippen LogP contribution in [0.5, 0.6) is 11.5 Å². The van der Waals surface area contributed by atoms with Crippen LogP contribution in [0.2, 0.25) is 0 Å². The number of fused-ring (bicyclic) bond motifs is 1. The first-order valence-corrected chi connectivity index (χ1v) is 10.8. The largest absolute Gasteiger partial charge is 0.493 e. The van der Waals surface area contributed by atoms with Crippen LogP contribution in [0.3, 0.4) is 0 Å². The Morgan fingerprint density at radius 3 is 2.52 bits per heavy atom. The summed E-state index contributed by atoms with van der Waals surface area (Å²) in [7, 11) is 1.49. The van der Waals surface area contributed by atoms with Crippen LogP contribution in [0, 0.1) is 0 Å². The average Bonchev–Trinajstić information content (AvgIpc) is 2.84. The molecule has 164 valence electrons. The lowest BCUT2D eigenvalue weighted by Crippen LogP contribution is -2.17. The maximum Gasteiger partial charge on any atom is 0.344 e. The average molecular weight is 503 g/mol. The predicted octanol–water partition coefficient (Wildman–Crippen LogP) is 5.59. The summed E-state index contributed by atoms with van der Waals surface area (Å²) >= 11 is 3.33. The second kappa shape index (κ2) is 10.1. The summed E-state index contributed by atoms with van der Waals surface area (Å²) in [5.74, 6) is -0.162. The van der Waals surface area contributed by atoms with Gasteiger partial charge in [-0.25, -0.2) is 10.2 Å². The Morgan fingerprint density at radius 2 is 1.70 bits per heavy atom. The number of methoxy groups -OCH3 is 1. The first kappa shape index (κ1) is 22.2. The van der Waals surface area contributed by atoms with Crippen molar-refractivity contribution in [2.75, 3.05) is 7.11 Å². The van der Waals surface area contributed by atoms with Gasteiger partial charge in [-0.3, -0.25) is 4.79 Å². The zero-order valence-corrected chi connectivity index (χ0v) is 19.2. The zero-order chi connectivity index (χ0) is 23.2. The number of nitrogens with zero attached hydrogens (tertiary/aromatic N) is 1. The molecule has 0 radical (unpaired) electrons. The molecule has 1 N–H and O–H groups in total. The SMILES string of the molecule is COc1cc(/C=N\NC(=O)c2cccc(Br)c2)ccc1OC(=O)c1cccc2ccccc12. The number of esters is 1. The minimum atomic E-state index is -0.479. The Kier molecular flexibility index (Phi) is 6.80. The van der Waals surface area contributed by atoms with Gasteiger partial charge in [-0.1, -0.05) is 58.4 Å². The third-order valence-electron chi connectivity index (χ3n) is 4.87. The van der Waals surface area contributed by atoms with Crippen LogP contribution in [0.4, 0.5) is 0 Å². The van der Waals surface area contributed by atoms with Gasteiger partial charge in [0.2, 0.25) is 0 Å². The maximum atomic E-state index is 12.8. The number of amides is 1. The fraction of sp³-hybridized carbons (Fsp3) is 0.0385. The smallest absolute Gasteiger partial charge is 0.344 e. The highest BCUT2D eigenvalue weighted by molar-refractivity contribution is 9.10. The quantitative estimate of drug-likeness (QED) is 0.161. The van der Waals surface area contributed by atoms with Crippen molar-refractivity contribution in [1.29, 1.82) is 0 Å². The Bertz CT molecular complexity index is 1360. The first-order valence-electron chi connectivity index (χ1n) is 10.0. The highest BCUT2D eigenvalue weighted by Gasteiger charge is 2.15. The minimum Gasteiger partial charge on any atom is -0.493 e. The highest BCUT2D eigenvalue weighted by atomic mass is 79.9. The van der Waals surface area contributed by atoms with Crippen LogP contribution in [-0.2, 0) is 0 Å². The van der Waals surface area contributed by atoms with E-state index in [1.807, 2.05) is 42.5 Å². The van der Waals surface area contributed by atoms with E-state index in [0.29, 0.717) is 22.4 Å². The topological polar surface area (TPSA) is 77.0 Å². The molecule has 0 aliphatic heterocycles. The first-order chi connectivity index (χ1) is 16.0. The van der Waals surface area contributed by atoms with Crippen LogP contribution in [0.15, 0.2) is 94.5 Å². The van der Waals surface area contributed by atoms with Crippen molar-refractivity contribution in [3.05, 3.63) is 106 Å². The molecule has 4 rings (SSSR count). The number of carbonyl (C=O) groups is 2. The lowest BCUT2D eigenvalue weighted by molar-refractivity contribution is 0.0731. The second-order valence-electron chi connectivity index (χ2n) is 7.04. The number of hydrogen-bond donors (Lipinski definition) is 1. The van der Waals surface area contributed by atoms with Crippen molar-refractivity contribution in [2.24, 2.45) is 5.10 Å². The molecule has 0 saturated carbocycles. The molecule has 0 aromatic heterocycles. The zero-order valence-electron chi connectivity index (χ0n) is 17.6. The van der Waals surface area contributed by atoms with E-state index in [-0.39, 0.29) is 11.7 Å². The van der Waals surface area contributed by atoms with Gasteiger partial charge < -0.3 is 9.47 Å². The molecule has 6 nitrogen and oxygen atoms in total. The summed E-state index contributed by atoms with van der Waals surface area (Å²) in [6.07, 6.45) is 1.48. The van der Waals surface area contributed by atoms with Crippen LogP contribution >= 0.6 is 15.9 Å². The molecule has 1 amide bonds. The van der Waals surface area contributed by atoms with Gasteiger partial charge in [0.1, 0.15) is 0 Å². The molecule has 0 saturated heterocycles. The fourth-order valence-electron chi connectivity index (χ4n) is 3.27. The summed E-state index contributed by atoms with van der Waals surface area (Å²) in [4.78, 5) is 25.0. The van der Waals surface area contributed by atoms with Crippen LogP contribution in [0.1, 0.15) is 26.3 Å². The second-order valence-corrected chi connectivity index (χ2v) is 7.95. The molecule has 0 heterocycles. The molecular weight excluding hydrogens is 484 g/mol. The lowest BCUT2D eigenvalue weighted by Gasteiger charge is -2.11. The van der Waals surface area contributed by atoms with E-state index in [9.17, 15) is 9.59 Å². The Morgan fingerprint density at radius 1 is 0.909 bits per heavy atom. The summed E-state index contributed by atoms with van der Waals surface area (Å²) in [6, 6.07) is 25.1. The van der Waals surface area contributed by atoms with Crippen molar-refractivity contribution in [2.45, 2.75) is 0 Å². The van der Waals surface area contributed by atoms with E-state index in [2.05, 4.69) is 26.5 Å². The van der Waals surface area contributed by atoms with Gasteiger partial charge in [0, 0.05) is 10.0 Å². The molecule has 0 unspecified atom stereocenters. The predicted molar refractivity (Wildman–Crippen MR) is 131 cm³/mol. The number of ether oxygens (including phenoxy) is 2. The van der Waals surface area contributed by atoms with Gasteiger partial charge in [0.05, 0.1) is 18.9 Å². The van der Waals surface area contributed by atoms with Gasteiger partial charge in [-0.2, -0.15) is 5.10 Å². The minimum absolute atomic E-state index is 0.283. The summed E-state index contributed by atoms with van der Waals surface area (Å²) in [5, 5.41) is 5.76. The molecule has 0 fully saturated rings. The third-order valence-corrected chi connectivity index (χ3v) is 5.36. The number of benzene rings is 4. The monoisotopic (exact) mass is 502 g/mol. The standard InChI is InChI=1S/C26H19BrN2O4/c1-32-24-14-17(16-28-29-25(30)19-8-4-9-20(27)15-19)12-13-23(24)33-26(31)22-11-5-7-18-6-2-3-10-21(18)22/h2-16H,1H3,(H,29,30)/b28-16-. The number of rotatable bonds is 6. The van der Waals surface area contributed by atoms with Crippen molar-refractivity contribution in [3.63, 3.8) is 0 Å². The highest BCUT2D eigenvalue weighted by Crippen LogP contribution is 2.29. The van der Waals surface area contributed by atoms with Crippen molar-refractivity contribution >= 4 is 44.8 Å². The summed E-state index contributed by atoms with van der Waals surface area (Å²) < 4.78 is 11.8.